The summed E-state index contributed by atoms with van der Waals surface area (Å²) < 4.78 is 12.8. The van der Waals surface area contributed by atoms with E-state index >= 15 is 0 Å². The van der Waals surface area contributed by atoms with Crippen LogP contribution in [0.5, 0.6) is 5.75 Å². The monoisotopic (exact) mass is 550 g/mol. The van der Waals surface area contributed by atoms with Crippen LogP contribution in [0.25, 0.3) is 0 Å². The van der Waals surface area contributed by atoms with Gasteiger partial charge in [-0.25, -0.2) is 9.67 Å². The maximum Gasteiger partial charge on any atom is 0.191 e. The Labute approximate surface area is 206 Å². The number of aliphatic imine (C=N–C) groups is 1. The number of nitrogens with one attached hydrogen (secondary N) is 2. The highest BCUT2D eigenvalue weighted by atomic mass is 127. The molecule has 0 aliphatic rings. The molecule has 0 amide bonds. The third kappa shape index (κ3) is 8.12. The van der Waals surface area contributed by atoms with Crippen LogP contribution in [-0.2, 0) is 24.4 Å². The molecule has 0 saturated carbocycles. The van der Waals surface area contributed by atoms with Gasteiger partial charge in [-0.2, -0.15) is 5.10 Å². The van der Waals surface area contributed by atoms with Crippen LogP contribution in [0.1, 0.15) is 22.3 Å². The first-order valence-corrected chi connectivity index (χ1v) is 10.2. The highest BCUT2D eigenvalue weighted by molar-refractivity contribution is 14.0. The maximum absolute atomic E-state index is 5.87. The Hall–Kier alpha value is -2.66. The lowest BCUT2D eigenvalue weighted by atomic mass is 10.1. The molecule has 0 bridgehead atoms. The first-order chi connectivity index (χ1) is 15.2. The second-order valence-corrected chi connectivity index (χ2v) is 7.14. The average Bonchev–Trinajstić information content (AvgIpc) is 3.28. The molecular weight excluding hydrogens is 519 g/mol. The fourth-order valence-corrected chi connectivity index (χ4v) is 3.10. The third-order valence-electron chi connectivity index (χ3n) is 4.70. The summed E-state index contributed by atoms with van der Waals surface area (Å²) in [4.78, 5) is 8.32. The summed E-state index contributed by atoms with van der Waals surface area (Å²) in [5, 5.41) is 10.9. The first kappa shape index (κ1) is 25.6. The Morgan fingerprint density at radius 1 is 1.06 bits per heavy atom. The van der Waals surface area contributed by atoms with Gasteiger partial charge in [-0.05, 0) is 29.7 Å². The van der Waals surface area contributed by atoms with E-state index < -0.39 is 0 Å². The maximum atomic E-state index is 5.87. The number of methoxy groups -OCH3 is 1. The molecule has 32 heavy (non-hydrogen) atoms. The molecule has 0 fully saturated rings. The number of benzene rings is 2. The minimum Gasteiger partial charge on any atom is -0.491 e. The van der Waals surface area contributed by atoms with Crippen molar-refractivity contribution >= 4 is 29.9 Å². The fraction of sp³-hybridized carbons (Fsp3) is 0.348. The molecule has 3 rings (SSSR count). The Morgan fingerprint density at radius 2 is 1.88 bits per heavy atom. The molecule has 0 unspecified atom stereocenters. The van der Waals surface area contributed by atoms with Crippen LogP contribution in [0.15, 0.2) is 60.1 Å². The molecular formula is C23H31IN6O2. The molecule has 172 valence electrons. The average molecular weight is 550 g/mol. The Bertz CT molecular complexity index is 978. The summed E-state index contributed by atoms with van der Waals surface area (Å²) in [7, 11) is 3.43. The SMILES string of the molecule is CN=C(NCc1cccc(Cn2cncn2)c1)NCc1ccc(C)cc1OCCOC.I. The molecule has 0 aliphatic heterocycles. The summed E-state index contributed by atoms with van der Waals surface area (Å²) in [5.41, 5.74) is 4.56. The van der Waals surface area contributed by atoms with Gasteiger partial charge in [0.05, 0.1) is 13.2 Å². The normalized spacial score (nSPS) is 11.0. The number of aromatic nitrogens is 3. The third-order valence-corrected chi connectivity index (χ3v) is 4.70. The predicted molar refractivity (Wildman–Crippen MR) is 137 cm³/mol. The van der Waals surface area contributed by atoms with Crippen LogP contribution in [-0.4, -0.2) is 48.1 Å². The summed E-state index contributed by atoms with van der Waals surface area (Å²) >= 11 is 0. The lowest BCUT2D eigenvalue weighted by molar-refractivity contribution is 0.145. The zero-order valence-electron chi connectivity index (χ0n) is 18.7. The summed E-state index contributed by atoms with van der Waals surface area (Å²) in [5.74, 6) is 1.59. The summed E-state index contributed by atoms with van der Waals surface area (Å²) in [6.07, 6.45) is 3.26. The van der Waals surface area contributed by atoms with E-state index in [2.05, 4.69) is 69.0 Å². The van der Waals surface area contributed by atoms with Crippen molar-refractivity contribution in [2.24, 2.45) is 4.99 Å². The van der Waals surface area contributed by atoms with Crippen LogP contribution >= 0.6 is 24.0 Å². The minimum absolute atomic E-state index is 0. The quantitative estimate of drug-likeness (QED) is 0.175. The smallest absolute Gasteiger partial charge is 0.191 e. The molecule has 8 nitrogen and oxygen atoms in total. The lowest BCUT2D eigenvalue weighted by Crippen LogP contribution is -2.36. The minimum atomic E-state index is 0. The van der Waals surface area contributed by atoms with Gasteiger partial charge in [0, 0.05) is 32.8 Å². The van der Waals surface area contributed by atoms with Crippen molar-refractivity contribution in [3.63, 3.8) is 0 Å². The van der Waals surface area contributed by atoms with Gasteiger partial charge in [0.1, 0.15) is 25.0 Å². The number of hydrogen-bond donors (Lipinski definition) is 2. The van der Waals surface area contributed by atoms with Crippen molar-refractivity contribution in [1.29, 1.82) is 0 Å². The van der Waals surface area contributed by atoms with Crippen LogP contribution in [0.3, 0.4) is 0 Å². The van der Waals surface area contributed by atoms with Gasteiger partial charge in [-0.1, -0.05) is 36.4 Å². The zero-order valence-corrected chi connectivity index (χ0v) is 21.1. The molecule has 2 N–H and O–H groups in total. The van der Waals surface area contributed by atoms with Gasteiger partial charge in [0.2, 0.25) is 0 Å². The van der Waals surface area contributed by atoms with E-state index in [0.717, 1.165) is 22.8 Å². The highest BCUT2D eigenvalue weighted by Gasteiger charge is 2.07. The van der Waals surface area contributed by atoms with Crippen molar-refractivity contribution in [3.8, 4) is 5.75 Å². The van der Waals surface area contributed by atoms with E-state index in [0.29, 0.717) is 32.8 Å². The van der Waals surface area contributed by atoms with Crippen molar-refractivity contribution in [2.75, 3.05) is 27.4 Å². The van der Waals surface area contributed by atoms with Gasteiger partial charge in [0.25, 0.3) is 0 Å². The molecule has 0 saturated heterocycles. The van der Waals surface area contributed by atoms with Crippen LogP contribution in [0.2, 0.25) is 0 Å². The van der Waals surface area contributed by atoms with Crippen LogP contribution in [0, 0.1) is 6.92 Å². The predicted octanol–water partition coefficient (Wildman–Crippen LogP) is 3.14. The van der Waals surface area contributed by atoms with E-state index in [4.69, 9.17) is 9.47 Å². The Morgan fingerprint density at radius 3 is 2.62 bits per heavy atom. The number of ether oxygens (including phenoxy) is 2. The van der Waals surface area contributed by atoms with Gasteiger partial charge in [-0.3, -0.25) is 4.99 Å². The second kappa shape index (κ2) is 13.7. The summed E-state index contributed by atoms with van der Waals surface area (Å²) in [6.45, 7) is 5.09. The van der Waals surface area contributed by atoms with E-state index in [-0.39, 0.29) is 24.0 Å². The van der Waals surface area contributed by atoms with Crippen LogP contribution in [0.4, 0.5) is 0 Å². The number of nitrogens with zero attached hydrogens (tertiary/aromatic N) is 4. The van der Waals surface area contributed by atoms with E-state index in [9.17, 15) is 0 Å². The van der Waals surface area contributed by atoms with E-state index in [1.54, 1.807) is 31.5 Å². The molecule has 0 atom stereocenters. The number of hydrogen-bond acceptors (Lipinski definition) is 5. The number of aryl methyl sites for hydroxylation is 1. The summed E-state index contributed by atoms with van der Waals surface area (Å²) in [6, 6.07) is 14.6. The van der Waals surface area contributed by atoms with Crippen molar-refractivity contribution in [3.05, 3.63) is 77.4 Å². The number of halogens is 1. The Balaban J connectivity index is 0.00000363. The molecule has 0 spiro atoms. The standard InChI is InChI=1S/C23H30N6O2.HI/c1-18-7-8-21(22(11-18)31-10-9-30-3)14-27-23(24-2)26-13-19-5-4-6-20(12-19)15-29-17-25-16-28-29;/h4-8,11-12,16-17H,9-10,13-15H2,1-3H3,(H2,24,26,27);1H. The topological polar surface area (TPSA) is 85.6 Å². The molecule has 2 aromatic carbocycles. The highest BCUT2D eigenvalue weighted by Crippen LogP contribution is 2.20. The lowest BCUT2D eigenvalue weighted by Gasteiger charge is -2.16. The van der Waals surface area contributed by atoms with Gasteiger partial charge in [-0.15, -0.1) is 24.0 Å². The molecule has 9 heteroatoms. The largest absolute Gasteiger partial charge is 0.491 e. The molecule has 1 aromatic heterocycles. The number of guanidine groups is 1. The van der Waals surface area contributed by atoms with Gasteiger partial charge >= 0.3 is 0 Å². The van der Waals surface area contributed by atoms with Crippen LogP contribution < -0.4 is 15.4 Å². The molecule has 0 aliphatic carbocycles. The van der Waals surface area contributed by atoms with Gasteiger partial charge in [0.15, 0.2) is 5.96 Å². The zero-order chi connectivity index (χ0) is 21.9. The van der Waals surface area contributed by atoms with E-state index in [1.165, 1.54) is 11.1 Å². The first-order valence-electron chi connectivity index (χ1n) is 10.2. The Kier molecular flexibility index (Phi) is 10.9. The van der Waals surface area contributed by atoms with E-state index in [1.807, 2.05) is 6.07 Å². The van der Waals surface area contributed by atoms with Crippen molar-refractivity contribution < 1.29 is 9.47 Å². The van der Waals surface area contributed by atoms with Crippen molar-refractivity contribution in [2.45, 2.75) is 26.6 Å². The molecule has 3 aromatic rings. The second-order valence-electron chi connectivity index (χ2n) is 7.14. The molecule has 0 radical (unpaired) electrons. The number of rotatable bonds is 10. The fourth-order valence-electron chi connectivity index (χ4n) is 3.10. The van der Waals surface area contributed by atoms with Gasteiger partial charge < -0.3 is 20.1 Å². The molecule has 1 heterocycles. The van der Waals surface area contributed by atoms with Crippen molar-refractivity contribution in [1.82, 2.24) is 25.4 Å².